The smallest absolute Gasteiger partial charge is 0.407 e. The van der Waals surface area contributed by atoms with Crippen molar-refractivity contribution >= 4 is 12.0 Å². The number of hydrogen-bond donors (Lipinski definition) is 1. The lowest BCUT2D eigenvalue weighted by atomic mass is 9.93. The summed E-state index contributed by atoms with van der Waals surface area (Å²) >= 11 is 0. The maximum absolute atomic E-state index is 12.4. The number of hydrogen-bond acceptors (Lipinski definition) is 4. The minimum absolute atomic E-state index is 0.0322. The van der Waals surface area contributed by atoms with Gasteiger partial charge in [-0.2, -0.15) is 0 Å². The molecule has 0 saturated carbocycles. The SMILES string of the molecule is COC(C)(C)C(=O)N1CCCC(CCNC(=O)OC(C)(C)C)C1. The number of likely N-dealkylation sites (tertiary alicyclic amines) is 1. The summed E-state index contributed by atoms with van der Waals surface area (Å²) in [7, 11) is 1.56. The van der Waals surface area contributed by atoms with Crippen molar-refractivity contribution in [2.75, 3.05) is 26.7 Å². The van der Waals surface area contributed by atoms with Gasteiger partial charge >= 0.3 is 6.09 Å². The molecule has 0 aromatic heterocycles. The Kier molecular flexibility index (Phi) is 6.86. The van der Waals surface area contributed by atoms with Crippen molar-refractivity contribution < 1.29 is 19.1 Å². The molecule has 6 nitrogen and oxygen atoms in total. The fourth-order valence-electron chi connectivity index (χ4n) is 2.65. The zero-order valence-corrected chi connectivity index (χ0v) is 15.4. The average molecular weight is 328 g/mol. The molecule has 2 amide bonds. The van der Waals surface area contributed by atoms with Gasteiger partial charge in [-0.15, -0.1) is 0 Å². The van der Waals surface area contributed by atoms with Crippen molar-refractivity contribution in [3.05, 3.63) is 0 Å². The molecule has 6 heteroatoms. The number of rotatable bonds is 5. The Hall–Kier alpha value is -1.30. The topological polar surface area (TPSA) is 67.9 Å². The molecule has 1 saturated heterocycles. The molecule has 1 aliphatic heterocycles. The lowest BCUT2D eigenvalue weighted by Gasteiger charge is -2.37. The molecular formula is C17H32N2O4. The van der Waals surface area contributed by atoms with Crippen LogP contribution in [0.25, 0.3) is 0 Å². The second-order valence-electron chi connectivity index (χ2n) is 7.69. The summed E-state index contributed by atoms with van der Waals surface area (Å²) in [6.07, 6.45) is 2.52. The molecule has 0 aromatic carbocycles. The number of nitrogens with one attached hydrogen (secondary N) is 1. The summed E-state index contributed by atoms with van der Waals surface area (Å²) in [6, 6.07) is 0. The Balaban J connectivity index is 2.39. The Bertz CT molecular complexity index is 415. The fraction of sp³-hybridized carbons (Fsp3) is 0.882. The van der Waals surface area contributed by atoms with Crippen LogP contribution in [0.1, 0.15) is 53.9 Å². The van der Waals surface area contributed by atoms with Crippen LogP contribution in [0.2, 0.25) is 0 Å². The van der Waals surface area contributed by atoms with Crippen LogP contribution in [0.4, 0.5) is 4.79 Å². The van der Waals surface area contributed by atoms with Crippen molar-refractivity contribution in [3.8, 4) is 0 Å². The van der Waals surface area contributed by atoms with Gasteiger partial charge in [-0.1, -0.05) is 0 Å². The zero-order chi connectivity index (χ0) is 17.7. The number of nitrogens with zero attached hydrogens (tertiary/aromatic N) is 1. The third kappa shape index (κ3) is 6.77. The van der Waals surface area contributed by atoms with Crippen molar-refractivity contribution in [2.24, 2.45) is 5.92 Å². The summed E-state index contributed by atoms with van der Waals surface area (Å²) in [5.41, 5.74) is -1.26. The second-order valence-corrected chi connectivity index (χ2v) is 7.69. The largest absolute Gasteiger partial charge is 0.444 e. The zero-order valence-electron chi connectivity index (χ0n) is 15.4. The molecule has 1 unspecified atom stereocenters. The quantitative estimate of drug-likeness (QED) is 0.842. The first kappa shape index (κ1) is 19.7. The van der Waals surface area contributed by atoms with E-state index in [0.717, 1.165) is 32.4 Å². The summed E-state index contributed by atoms with van der Waals surface area (Å²) < 4.78 is 10.5. The highest BCUT2D eigenvalue weighted by atomic mass is 16.6. The van der Waals surface area contributed by atoms with Gasteiger partial charge in [-0.05, 0) is 59.8 Å². The molecule has 23 heavy (non-hydrogen) atoms. The first-order chi connectivity index (χ1) is 10.5. The van der Waals surface area contributed by atoms with Gasteiger partial charge in [0.15, 0.2) is 0 Å². The molecule has 1 rings (SSSR count). The van der Waals surface area contributed by atoms with E-state index in [0.29, 0.717) is 12.5 Å². The van der Waals surface area contributed by atoms with Crippen molar-refractivity contribution in [3.63, 3.8) is 0 Å². The Morgan fingerprint density at radius 2 is 1.87 bits per heavy atom. The van der Waals surface area contributed by atoms with E-state index in [1.54, 1.807) is 21.0 Å². The maximum atomic E-state index is 12.4. The standard InChI is InChI=1S/C17H32N2O4/c1-16(2,3)23-15(21)18-10-9-13-8-7-11-19(12-13)14(20)17(4,5)22-6/h13H,7-12H2,1-6H3,(H,18,21). The molecule has 1 aliphatic rings. The van der Waals surface area contributed by atoms with Gasteiger partial charge in [0.25, 0.3) is 5.91 Å². The van der Waals surface area contributed by atoms with E-state index in [4.69, 9.17) is 9.47 Å². The normalized spacial score (nSPS) is 19.4. The number of piperidine rings is 1. The predicted octanol–water partition coefficient (Wildman–Crippen LogP) is 2.56. The highest BCUT2D eigenvalue weighted by Gasteiger charge is 2.34. The average Bonchev–Trinajstić information content (AvgIpc) is 2.45. The number of carbonyl (C=O) groups excluding carboxylic acids is 2. The first-order valence-electron chi connectivity index (χ1n) is 8.36. The number of carbonyl (C=O) groups is 2. The van der Waals surface area contributed by atoms with E-state index in [9.17, 15) is 9.59 Å². The second kappa shape index (κ2) is 7.99. The highest BCUT2D eigenvalue weighted by molar-refractivity contribution is 5.84. The molecule has 0 aromatic rings. The van der Waals surface area contributed by atoms with Crippen LogP contribution in [-0.2, 0) is 14.3 Å². The molecule has 0 bridgehead atoms. The first-order valence-corrected chi connectivity index (χ1v) is 8.36. The van der Waals surface area contributed by atoms with Gasteiger partial charge in [0.05, 0.1) is 0 Å². The molecule has 1 atom stereocenters. The number of amides is 2. The Morgan fingerprint density at radius 1 is 1.22 bits per heavy atom. The molecule has 0 radical (unpaired) electrons. The molecular weight excluding hydrogens is 296 g/mol. The lowest BCUT2D eigenvalue weighted by molar-refractivity contribution is -0.152. The van der Waals surface area contributed by atoms with Crippen molar-refractivity contribution in [1.82, 2.24) is 10.2 Å². The minimum Gasteiger partial charge on any atom is -0.444 e. The van der Waals surface area contributed by atoms with E-state index in [1.807, 2.05) is 25.7 Å². The highest BCUT2D eigenvalue weighted by Crippen LogP contribution is 2.22. The van der Waals surface area contributed by atoms with Crippen LogP contribution in [0.15, 0.2) is 0 Å². The third-order valence-corrected chi connectivity index (χ3v) is 4.05. The number of alkyl carbamates (subject to hydrolysis) is 1. The van der Waals surface area contributed by atoms with Gasteiger partial charge in [0.1, 0.15) is 11.2 Å². The van der Waals surface area contributed by atoms with E-state index in [2.05, 4.69) is 5.32 Å². The van der Waals surface area contributed by atoms with Gasteiger partial charge in [0, 0.05) is 26.7 Å². The lowest BCUT2D eigenvalue weighted by Crippen LogP contribution is -2.50. The molecule has 134 valence electrons. The van der Waals surface area contributed by atoms with Gasteiger partial charge in [-0.25, -0.2) is 4.79 Å². The fourth-order valence-corrected chi connectivity index (χ4v) is 2.65. The molecule has 0 aliphatic carbocycles. The number of methoxy groups -OCH3 is 1. The molecule has 1 N–H and O–H groups in total. The van der Waals surface area contributed by atoms with E-state index >= 15 is 0 Å². The Labute approximate surface area is 139 Å². The number of ether oxygens (including phenoxy) is 2. The monoisotopic (exact) mass is 328 g/mol. The summed E-state index contributed by atoms with van der Waals surface area (Å²) in [5, 5.41) is 2.78. The van der Waals surface area contributed by atoms with Gasteiger partial charge < -0.3 is 19.7 Å². The van der Waals surface area contributed by atoms with E-state index in [-0.39, 0.29) is 12.0 Å². The van der Waals surface area contributed by atoms with Crippen LogP contribution < -0.4 is 5.32 Å². The maximum Gasteiger partial charge on any atom is 0.407 e. The van der Waals surface area contributed by atoms with Crippen LogP contribution in [0, 0.1) is 5.92 Å². The summed E-state index contributed by atoms with van der Waals surface area (Å²) in [6.45, 7) is 11.2. The third-order valence-electron chi connectivity index (χ3n) is 4.05. The van der Waals surface area contributed by atoms with Crippen LogP contribution in [-0.4, -0.2) is 54.8 Å². The van der Waals surface area contributed by atoms with Crippen LogP contribution >= 0.6 is 0 Å². The van der Waals surface area contributed by atoms with E-state index in [1.165, 1.54) is 0 Å². The van der Waals surface area contributed by atoms with Crippen LogP contribution in [0.5, 0.6) is 0 Å². The predicted molar refractivity (Wildman–Crippen MR) is 89.2 cm³/mol. The van der Waals surface area contributed by atoms with Gasteiger partial charge in [-0.3, -0.25) is 4.79 Å². The van der Waals surface area contributed by atoms with Crippen LogP contribution in [0.3, 0.4) is 0 Å². The molecule has 1 heterocycles. The molecule has 0 spiro atoms. The summed E-state index contributed by atoms with van der Waals surface area (Å²) in [5.74, 6) is 0.431. The Morgan fingerprint density at radius 3 is 2.43 bits per heavy atom. The van der Waals surface area contributed by atoms with Gasteiger partial charge in [0.2, 0.25) is 0 Å². The van der Waals surface area contributed by atoms with Crippen molar-refractivity contribution in [1.29, 1.82) is 0 Å². The molecule has 1 fully saturated rings. The van der Waals surface area contributed by atoms with E-state index < -0.39 is 11.2 Å². The van der Waals surface area contributed by atoms with Crippen molar-refractivity contribution in [2.45, 2.75) is 65.1 Å². The minimum atomic E-state index is -0.781. The summed E-state index contributed by atoms with van der Waals surface area (Å²) in [4.78, 5) is 26.0.